The molecule has 4 rings (SSSR count). The van der Waals surface area contributed by atoms with Gasteiger partial charge in [-0.1, -0.05) is 28.9 Å². The van der Waals surface area contributed by atoms with E-state index in [4.69, 9.17) is 9.73 Å². The van der Waals surface area contributed by atoms with E-state index in [0.29, 0.717) is 20.9 Å². The summed E-state index contributed by atoms with van der Waals surface area (Å²) in [4.78, 5) is 35.1. The van der Waals surface area contributed by atoms with Crippen molar-refractivity contribution in [3.63, 3.8) is 0 Å². The zero-order chi connectivity index (χ0) is 27.6. The van der Waals surface area contributed by atoms with Crippen LogP contribution in [0.25, 0.3) is 0 Å². The van der Waals surface area contributed by atoms with Crippen molar-refractivity contribution in [2.75, 3.05) is 19.7 Å². The van der Waals surface area contributed by atoms with Gasteiger partial charge in [-0.25, -0.2) is 22.9 Å². The summed E-state index contributed by atoms with van der Waals surface area (Å²) in [6.07, 6.45) is 0.817. The molecule has 0 bridgehead atoms. The van der Waals surface area contributed by atoms with Crippen molar-refractivity contribution in [3.05, 3.63) is 61.9 Å². The predicted octanol–water partition coefficient (Wildman–Crippen LogP) is 4.77. The number of aliphatic carboxylic acids is 1. The molecule has 8 nitrogen and oxygen atoms in total. The van der Waals surface area contributed by atoms with Gasteiger partial charge in [0.2, 0.25) is 0 Å². The van der Waals surface area contributed by atoms with Crippen LogP contribution in [0.1, 0.15) is 43.3 Å². The third-order valence-corrected chi connectivity index (χ3v) is 7.91. The van der Waals surface area contributed by atoms with Crippen molar-refractivity contribution in [2.45, 2.75) is 44.7 Å². The number of thiazole rings is 1. The monoisotopic (exact) mass is 614 g/mol. The number of nitrogens with zero attached hydrogens (tertiary/aromatic N) is 3. The Kier molecular flexibility index (Phi) is 8.58. The van der Waals surface area contributed by atoms with Crippen molar-refractivity contribution >= 4 is 45.0 Å². The molecule has 0 spiro atoms. The van der Waals surface area contributed by atoms with Gasteiger partial charge in [0.15, 0.2) is 10.8 Å². The van der Waals surface area contributed by atoms with E-state index < -0.39 is 54.6 Å². The Morgan fingerprint density at radius 3 is 2.79 bits per heavy atom. The molecule has 2 aliphatic rings. The highest BCUT2D eigenvalue weighted by Gasteiger charge is 2.48. The second-order valence-electron chi connectivity index (χ2n) is 9.23. The fraction of sp³-hybridized carbons (Fsp3) is 0.440. The van der Waals surface area contributed by atoms with E-state index in [9.17, 15) is 27.9 Å². The van der Waals surface area contributed by atoms with Gasteiger partial charge >= 0.3 is 11.9 Å². The van der Waals surface area contributed by atoms with Crippen LogP contribution in [0.5, 0.6) is 0 Å². The molecule has 2 N–H and O–H groups in total. The topological polar surface area (TPSA) is 104 Å². The third-order valence-electron chi connectivity index (χ3n) is 6.44. The number of rotatable bonds is 9. The van der Waals surface area contributed by atoms with E-state index in [-0.39, 0.29) is 30.8 Å². The number of nitrogens with one attached hydrogen (secondary N) is 1. The molecule has 204 valence electrons. The molecule has 2 aromatic rings. The quantitative estimate of drug-likeness (QED) is 0.392. The van der Waals surface area contributed by atoms with Crippen molar-refractivity contribution in [3.8, 4) is 0 Å². The van der Waals surface area contributed by atoms with Crippen LogP contribution in [0.4, 0.5) is 13.2 Å². The van der Waals surface area contributed by atoms with Gasteiger partial charge in [0.1, 0.15) is 11.9 Å². The summed E-state index contributed by atoms with van der Waals surface area (Å²) in [7, 11) is 0. The van der Waals surface area contributed by atoms with E-state index in [2.05, 4.69) is 26.2 Å². The first kappa shape index (κ1) is 28.2. The van der Waals surface area contributed by atoms with Crippen LogP contribution in [0.3, 0.4) is 0 Å². The summed E-state index contributed by atoms with van der Waals surface area (Å²) < 4.78 is 48.8. The zero-order valence-electron chi connectivity index (χ0n) is 20.6. The minimum atomic E-state index is -3.03. The molecule has 1 aromatic carbocycles. The van der Waals surface area contributed by atoms with E-state index in [1.807, 2.05) is 0 Å². The number of amidine groups is 1. The van der Waals surface area contributed by atoms with Crippen molar-refractivity contribution in [1.82, 2.24) is 15.2 Å². The van der Waals surface area contributed by atoms with Gasteiger partial charge in [-0.05, 0) is 30.5 Å². The Morgan fingerprint density at radius 1 is 1.39 bits per heavy atom. The lowest BCUT2D eigenvalue weighted by atomic mass is 9.93. The van der Waals surface area contributed by atoms with Gasteiger partial charge in [0, 0.05) is 47.2 Å². The minimum Gasteiger partial charge on any atom is -0.481 e. The maximum Gasteiger partial charge on any atom is 0.338 e. The highest BCUT2D eigenvalue weighted by molar-refractivity contribution is 9.10. The predicted molar refractivity (Wildman–Crippen MR) is 139 cm³/mol. The second-order valence-corrected chi connectivity index (χ2v) is 11.0. The Morgan fingerprint density at radius 2 is 2.16 bits per heavy atom. The first-order valence-electron chi connectivity index (χ1n) is 11.9. The molecule has 3 heterocycles. The first-order valence-corrected chi connectivity index (χ1v) is 13.6. The molecule has 3 atom stereocenters. The minimum absolute atomic E-state index is 0.0655. The Hall–Kier alpha value is -2.77. The van der Waals surface area contributed by atoms with Crippen LogP contribution in [0, 0.1) is 11.7 Å². The number of aliphatic imine (C=N–C) groups is 1. The number of carbonyl (C=O) groups is 2. The SMILES string of the molecule is CCOC(=O)C1=C(CN2CC(F)(F)CC2C(C)CC(=O)O)NC(c2nccs2)=NC1c1ccc(F)cc1Br. The molecule has 0 amide bonds. The highest BCUT2D eigenvalue weighted by Crippen LogP contribution is 2.40. The second kappa shape index (κ2) is 11.5. The molecular formula is C25H26BrF3N4O4S. The van der Waals surface area contributed by atoms with Gasteiger partial charge in [0.25, 0.3) is 5.92 Å². The van der Waals surface area contributed by atoms with E-state index in [0.717, 1.165) is 0 Å². The largest absolute Gasteiger partial charge is 0.481 e. The number of carboxylic acid groups (broad SMARTS) is 1. The first-order chi connectivity index (χ1) is 18.0. The normalized spacial score (nSPS) is 22.1. The number of benzene rings is 1. The third kappa shape index (κ3) is 6.26. The fourth-order valence-corrected chi connectivity index (χ4v) is 5.99. The maximum absolute atomic E-state index is 14.6. The molecule has 2 aliphatic heterocycles. The molecule has 0 aliphatic carbocycles. The van der Waals surface area contributed by atoms with Gasteiger partial charge in [0.05, 0.1) is 18.7 Å². The van der Waals surface area contributed by atoms with Crippen molar-refractivity contribution in [2.24, 2.45) is 10.9 Å². The molecule has 13 heteroatoms. The Bertz CT molecular complexity index is 1270. The van der Waals surface area contributed by atoms with Crippen LogP contribution >= 0.6 is 27.3 Å². The van der Waals surface area contributed by atoms with Gasteiger partial charge in [-0.15, -0.1) is 11.3 Å². The lowest BCUT2D eigenvalue weighted by molar-refractivity contribution is -0.139. The number of aromatic nitrogens is 1. The lowest BCUT2D eigenvalue weighted by Crippen LogP contribution is -2.43. The number of hydrogen-bond donors (Lipinski definition) is 2. The van der Waals surface area contributed by atoms with Crippen LogP contribution in [-0.4, -0.2) is 64.4 Å². The number of alkyl halides is 2. The Labute approximate surface area is 229 Å². The summed E-state index contributed by atoms with van der Waals surface area (Å²) in [6.45, 7) is 2.63. The van der Waals surface area contributed by atoms with Crippen LogP contribution in [0.2, 0.25) is 0 Å². The smallest absolute Gasteiger partial charge is 0.338 e. The van der Waals surface area contributed by atoms with Crippen molar-refractivity contribution < 1.29 is 32.6 Å². The number of halogens is 4. The molecule has 38 heavy (non-hydrogen) atoms. The highest BCUT2D eigenvalue weighted by atomic mass is 79.9. The maximum atomic E-state index is 14.6. The molecule has 0 saturated carbocycles. The van der Waals surface area contributed by atoms with Gasteiger partial charge < -0.3 is 15.2 Å². The number of carbonyl (C=O) groups excluding carboxylic acids is 1. The molecule has 0 radical (unpaired) electrons. The van der Waals surface area contributed by atoms with Crippen molar-refractivity contribution in [1.29, 1.82) is 0 Å². The summed E-state index contributed by atoms with van der Waals surface area (Å²) in [6, 6.07) is 2.31. The standard InChI is InChI=1S/C25H26BrF3N4O4S/c1-3-37-24(36)20-17(11-33-12-25(28,29)10-18(33)13(2)8-19(34)35)31-22(23-30-6-7-38-23)32-21(20)15-5-4-14(27)9-16(15)26/h4-7,9,13,18,21H,3,8,10-12H2,1-2H3,(H,31,32)(H,34,35). The number of carboxylic acids is 1. The van der Waals surface area contributed by atoms with Gasteiger partial charge in [-0.3, -0.25) is 14.7 Å². The zero-order valence-corrected chi connectivity index (χ0v) is 23.0. The summed E-state index contributed by atoms with van der Waals surface area (Å²) in [5, 5.41) is 14.6. The Balaban J connectivity index is 1.82. The van der Waals surface area contributed by atoms with E-state index in [1.165, 1.54) is 34.4 Å². The lowest BCUT2D eigenvalue weighted by Gasteiger charge is -2.33. The molecule has 1 fully saturated rings. The number of likely N-dealkylation sites (tertiary alicyclic amines) is 1. The summed E-state index contributed by atoms with van der Waals surface area (Å²) in [5.41, 5.74) is 0.861. The molecular weight excluding hydrogens is 589 g/mol. The average molecular weight is 615 g/mol. The summed E-state index contributed by atoms with van der Waals surface area (Å²) >= 11 is 4.66. The number of hydrogen-bond acceptors (Lipinski definition) is 8. The van der Waals surface area contributed by atoms with Gasteiger partial charge in [-0.2, -0.15) is 0 Å². The number of esters is 1. The van der Waals surface area contributed by atoms with Crippen LogP contribution < -0.4 is 5.32 Å². The van der Waals surface area contributed by atoms with E-state index >= 15 is 0 Å². The molecule has 3 unspecified atom stereocenters. The number of ether oxygens (including phenoxy) is 1. The van der Waals surface area contributed by atoms with E-state index in [1.54, 1.807) is 25.4 Å². The molecule has 1 saturated heterocycles. The molecule has 1 aromatic heterocycles. The summed E-state index contributed by atoms with van der Waals surface area (Å²) in [5.74, 6) is -5.53. The van der Waals surface area contributed by atoms with Crippen LogP contribution in [-0.2, 0) is 14.3 Å². The fourth-order valence-electron chi connectivity index (χ4n) is 4.83. The van der Waals surface area contributed by atoms with Crippen LogP contribution in [0.15, 0.2) is 50.5 Å². The average Bonchev–Trinajstić information content (AvgIpc) is 3.46.